The van der Waals surface area contributed by atoms with E-state index in [2.05, 4.69) is 25.4 Å². The van der Waals surface area contributed by atoms with Gasteiger partial charge in [0.15, 0.2) is 55.9 Å². The number of azide groups is 2. The number of alkyl carbamates (subject to hydrolysis) is 1. The highest BCUT2D eigenvalue weighted by Gasteiger charge is 2.63. The van der Waals surface area contributed by atoms with E-state index in [0.717, 1.165) is 25.3 Å². The predicted octanol–water partition coefficient (Wildman–Crippen LogP) is 12.4. The lowest BCUT2D eigenvalue weighted by atomic mass is 9.93. The number of rotatable bonds is 38. The van der Waals surface area contributed by atoms with Crippen molar-refractivity contribution in [1.29, 1.82) is 0 Å². The van der Waals surface area contributed by atoms with Crippen LogP contribution >= 0.6 is 0 Å². The SMILES string of the molecule is CCC1O[C@@H](O[C@H]2C(C(=O)OC)O[C@@H](O[C@@H]3C(COC(=O)c4ccccc4)O[C@H](OC)[C@@H](N=[N+]=[N-])C3OCc3ccccc3)C(OC(=O)c3ccccc3)[C@@H]2OCc2ccccc2)[C@H]2NC(=O)OC2[C@@H]1O[C@@H]1OC(C(=O)OC)[C@@H](O[C@H]2OC(CC)[C@@H](OCc3ccccc3)[C@H](OCc3ccccc3)C2N=[N+]=[N-])[C@H](OCc2ccccc2)C1OCc1ccccc1. The number of carbonyl (C=O) groups excluding carboxylic acids is 5. The van der Waals surface area contributed by atoms with Gasteiger partial charge >= 0.3 is 30.0 Å². The second kappa shape index (κ2) is 44.7. The molecule has 0 bridgehead atoms. The minimum Gasteiger partial charge on any atom is -0.467 e. The van der Waals surface area contributed by atoms with Gasteiger partial charge in [0, 0.05) is 16.9 Å². The Kier molecular flexibility index (Phi) is 32.2. The molecule has 10 unspecified atom stereocenters. The third kappa shape index (κ3) is 22.6. The Morgan fingerprint density at radius 3 is 1.14 bits per heavy atom. The van der Waals surface area contributed by atoms with E-state index in [-0.39, 0.29) is 57.2 Å². The summed E-state index contributed by atoms with van der Waals surface area (Å²) < 4.78 is 140. The molecule has 6 aliphatic rings. The molecular formula is C92H99N7O26. The topological polar surface area (TPSA) is 389 Å². The fraction of sp³-hybridized carbons (Fsp3) is 0.424. The largest absolute Gasteiger partial charge is 0.467 e. The Bertz CT molecular complexity index is 4840. The van der Waals surface area contributed by atoms with Crippen LogP contribution in [0, 0.1) is 0 Å². The zero-order valence-electron chi connectivity index (χ0n) is 69.2. The van der Waals surface area contributed by atoms with Gasteiger partial charge in [-0.25, -0.2) is 24.0 Å². The second-order valence-electron chi connectivity index (χ2n) is 30.2. The van der Waals surface area contributed by atoms with Crippen molar-refractivity contribution in [1.82, 2.24) is 5.32 Å². The first-order valence-electron chi connectivity index (χ1n) is 41.3. The van der Waals surface area contributed by atoms with Gasteiger partial charge in [-0.3, -0.25) is 0 Å². The van der Waals surface area contributed by atoms with E-state index in [4.69, 9.17) is 99.5 Å². The average Bonchev–Trinajstić information content (AvgIpc) is 1.72. The number of benzene rings is 8. The summed E-state index contributed by atoms with van der Waals surface area (Å²) in [7, 11) is 3.58. The van der Waals surface area contributed by atoms with Crippen molar-refractivity contribution in [3.63, 3.8) is 0 Å². The molecule has 25 atom stereocenters. The number of hydrogen-bond acceptors (Lipinski definition) is 28. The molecule has 0 radical (unpaired) electrons. The van der Waals surface area contributed by atoms with Crippen LogP contribution in [-0.2, 0) is 149 Å². The highest BCUT2D eigenvalue weighted by molar-refractivity contribution is 5.90. The molecule has 125 heavy (non-hydrogen) atoms. The summed E-state index contributed by atoms with van der Waals surface area (Å²) in [6.07, 6.45) is -33.4. The number of esters is 4. The number of amides is 1. The maximum absolute atomic E-state index is 15.1. The lowest BCUT2D eigenvalue weighted by Crippen LogP contribution is -2.69. The molecule has 0 spiro atoms. The second-order valence-corrected chi connectivity index (χ2v) is 30.2. The highest BCUT2D eigenvalue weighted by atomic mass is 16.8. The Labute approximate surface area is 721 Å². The number of hydrogen-bond donors (Lipinski definition) is 1. The number of nitrogens with zero attached hydrogens (tertiary/aromatic N) is 6. The van der Waals surface area contributed by atoms with Crippen LogP contribution in [0.15, 0.2) is 253 Å². The molecular weight excluding hydrogens is 1620 g/mol. The molecule has 33 heteroatoms. The van der Waals surface area contributed by atoms with Gasteiger partial charge in [-0.05, 0) is 81.6 Å². The maximum Gasteiger partial charge on any atom is 0.408 e. The van der Waals surface area contributed by atoms with E-state index < -0.39 is 190 Å². The van der Waals surface area contributed by atoms with E-state index >= 15 is 14.4 Å². The minimum absolute atomic E-state index is 0.0493. The molecule has 33 nitrogen and oxygen atoms in total. The molecule has 0 saturated carbocycles. The number of ether oxygens (including phenoxy) is 21. The van der Waals surface area contributed by atoms with E-state index in [0.29, 0.717) is 28.7 Å². The minimum atomic E-state index is -1.96. The van der Waals surface area contributed by atoms with Crippen LogP contribution in [0.1, 0.15) is 80.8 Å². The first-order valence-corrected chi connectivity index (χ1v) is 41.3. The van der Waals surface area contributed by atoms with Gasteiger partial charge in [0.05, 0.1) is 77.2 Å². The molecule has 1 N–H and O–H groups in total. The van der Waals surface area contributed by atoms with Crippen molar-refractivity contribution in [3.8, 4) is 0 Å². The molecule has 8 aromatic carbocycles. The average molecular weight is 1720 g/mol. The molecule has 8 aromatic rings. The monoisotopic (exact) mass is 1720 g/mol. The van der Waals surface area contributed by atoms with Crippen LogP contribution in [0.5, 0.6) is 0 Å². The summed E-state index contributed by atoms with van der Waals surface area (Å²) >= 11 is 0. The molecule has 0 aliphatic carbocycles. The van der Waals surface area contributed by atoms with Gasteiger partial charge in [-0.15, -0.1) is 0 Å². The lowest BCUT2D eigenvalue weighted by Gasteiger charge is -2.51. The van der Waals surface area contributed by atoms with Crippen LogP contribution in [0.2, 0.25) is 0 Å². The van der Waals surface area contributed by atoms with Gasteiger partial charge in [0.2, 0.25) is 0 Å². The maximum atomic E-state index is 15.1. The van der Waals surface area contributed by atoms with Crippen molar-refractivity contribution in [3.05, 3.63) is 308 Å². The summed E-state index contributed by atoms with van der Waals surface area (Å²) in [6.45, 7) is 2.63. The molecule has 6 fully saturated rings. The summed E-state index contributed by atoms with van der Waals surface area (Å²) in [5.74, 6) is -3.76. The van der Waals surface area contributed by atoms with Crippen LogP contribution in [0.3, 0.4) is 0 Å². The first kappa shape index (κ1) is 90.1. The summed E-state index contributed by atoms with van der Waals surface area (Å²) in [5, 5.41) is 11.3. The summed E-state index contributed by atoms with van der Waals surface area (Å²) in [4.78, 5) is 80.0. The quantitative estimate of drug-likeness (QED) is 0.0123. The lowest BCUT2D eigenvalue weighted by molar-refractivity contribution is -0.379. The summed E-state index contributed by atoms with van der Waals surface area (Å²) in [5.41, 5.74) is 25.4. The molecule has 14 rings (SSSR count). The normalized spacial score (nSPS) is 30.0. The van der Waals surface area contributed by atoms with Gasteiger partial charge in [0.1, 0.15) is 91.9 Å². The van der Waals surface area contributed by atoms with Gasteiger partial charge in [-0.1, -0.05) is 242 Å². The van der Waals surface area contributed by atoms with Gasteiger partial charge in [-0.2, -0.15) is 0 Å². The number of carbonyl (C=O) groups is 5. The first-order chi connectivity index (χ1) is 61.2. The smallest absolute Gasteiger partial charge is 0.408 e. The van der Waals surface area contributed by atoms with E-state index in [1.807, 2.05) is 134 Å². The van der Waals surface area contributed by atoms with Gasteiger partial charge in [0.25, 0.3) is 0 Å². The van der Waals surface area contributed by atoms with Gasteiger partial charge < -0.3 is 105 Å². The molecule has 6 heterocycles. The van der Waals surface area contributed by atoms with Crippen molar-refractivity contribution < 1.29 is 123 Å². The van der Waals surface area contributed by atoms with E-state index in [9.17, 15) is 20.7 Å². The van der Waals surface area contributed by atoms with Crippen LogP contribution in [0.25, 0.3) is 20.9 Å². The molecule has 6 aliphatic heterocycles. The van der Waals surface area contributed by atoms with E-state index in [1.165, 1.54) is 19.2 Å². The fourth-order valence-electron chi connectivity index (χ4n) is 16.0. The van der Waals surface area contributed by atoms with Crippen molar-refractivity contribution in [2.24, 2.45) is 10.2 Å². The van der Waals surface area contributed by atoms with Crippen molar-refractivity contribution in [2.75, 3.05) is 27.9 Å². The Balaban J connectivity index is 0.824. The Hall–Kier alpha value is -11.1. The third-order valence-electron chi connectivity index (χ3n) is 22.2. The number of methoxy groups -OCH3 is 3. The predicted molar refractivity (Wildman–Crippen MR) is 440 cm³/mol. The molecule has 0 aromatic heterocycles. The van der Waals surface area contributed by atoms with Crippen LogP contribution in [0.4, 0.5) is 4.79 Å². The number of fused-ring (bicyclic) bond motifs is 1. The van der Waals surface area contributed by atoms with Crippen LogP contribution < -0.4 is 5.32 Å². The highest BCUT2D eigenvalue weighted by Crippen LogP contribution is 2.43. The van der Waals surface area contributed by atoms with Crippen LogP contribution in [-0.4, -0.2) is 211 Å². The van der Waals surface area contributed by atoms with Crippen molar-refractivity contribution in [2.45, 2.75) is 220 Å². The zero-order valence-corrected chi connectivity index (χ0v) is 69.2. The third-order valence-corrected chi connectivity index (χ3v) is 22.2. The standard InChI is InChI=1S/C92H99N7O26/c1-6-63-69(108-48-55-32-16-8-17-33-55)72(109-49-56-34-18-9-19-35-56)68(97-99-94)89(115-63)122-77-75(111-51-58-38-22-11-23-39-58)81(113-53-60-42-26-13-27-43-60)90(123-79(77)85(102)105-3)119-70-64(7-2)116-88(66-74(70)125-92(104)95-66)121-78-76(112-52-59-40-24-12-25-41-59)82(118-84(101)62-46-30-15-31-47-62)91(124-80(78)86(103)106-4)120-71-65(54-114-83(100)61-44-28-14-29-45-61)117-87(107-5)67(96-98-93)73(71)110-50-57-36-20-10-21-37-57/h8-47,63-82,87-91H,6-7,48-54H2,1-5H3,(H,95,104)/t63?,64?,65?,66-,67-,68?,69+,70+,71+,72+,73?,74?,75-,76+,77-,78+,79?,80?,81?,82?,87-,88-,89+,90+,91+/m0/s1. The molecule has 658 valence electrons. The Morgan fingerprint density at radius 2 is 0.712 bits per heavy atom. The number of nitrogens with one attached hydrogen (secondary N) is 1. The van der Waals surface area contributed by atoms with E-state index in [1.54, 1.807) is 110 Å². The zero-order chi connectivity index (χ0) is 87.0. The summed E-state index contributed by atoms with van der Waals surface area (Å²) in [6, 6.07) is 67.2. The Morgan fingerprint density at radius 1 is 0.368 bits per heavy atom. The van der Waals surface area contributed by atoms with Crippen molar-refractivity contribution >= 4 is 30.0 Å². The molecule has 1 amide bonds. The molecule has 6 saturated heterocycles. The fourth-order valence-corrected chi connectivity index (χ4v) is 16.0.